The Bertz CT molecular complexity index is 1100. The highest BCUT2D eigenvalue weighted by atomic mass is 32.2. The van der Waals surface area contributed by atoms with Crippen molar-refractivity contribution in [3.05, 3.63) is 71.8 Å². The first kappa shape index (κ1) is 27.3. The summed E-state index contributed by atoms with van der Waals surface area (Å²) in [7, 11) is -3.73. The van der Waals surface area contributed by atoms with Gasteiger partial charge in [-0.05, 0) is 62.2 Å². The molecule has 2 heterocycles. The van der Waals surface area contributed by atoms with Crippen molar-refractivity contribution in [3.8, 4) is 0 Å². The molecule has 2 atom stereocenters. The summed E-state index contributed by atoms with van der Waals surface area (Å²) in [6.07, 6.45) is 5.49. The molecule has 0 bridgehead atoms. The zero-order valence-corrected chi connectivity index (χ0v) is 22.3. The van der Waals surface area contributed by atoms with E-state index in [0.29, 0.717) is 31.8 Å². The van der Waals surface area contributed by atoms with Gasteiger partial charge >= 0.3 is 0 Å². The molecule has 2 fully saturated rings. The first-order valence-corrected chi connectivity index (χ1v) is 15.1. The van der Waals surface area contributed by atoms with Gasteiger partial charge in [0.05, 0.1) is 6.26 Å². The third kappa shape index (κ3) is 7.40. The highest BCUT2D eigenvalue weighted by molar-refractivity contribution is 7.88. The highest BCUT2D eigenvalue weighted by Gasteiger charge is 2.41. The Labute approximate surface area is 220 Å². The molecule has 2 aliphatic rings. The quantitative estimate of drug-likeness (QED) is 0.440. The molecule has 9 heteroatoms. The van der Waals surface area contributed by atoms with Crippen molar-refractivity contribution in [1.29, 1.82) is 0 Å². The summed E-state index contributed by atoms with van der Waals surface area (Å²) in [5.41, 5.74) is 1.65. The Morgan fingerprint density at radius 2 is 1.57 bits per heavy atom. The van der Waals surface area contributed by atoms with E-state index in [2.05, 4.69) is 15.4 Å². The number of sulfonamides is 1. The van der Waals surface area contributed by atoms with Crippen molar-refractivity contribution >= 4 is 21.8 Å². The minimum atomic E-state index is -3.73. The molecule has 8 nitrogen and oxygen atoms in total. The van der Waals surface area contributed by atoms with Gasteiger partial charge in [0.15, 0.2) is 0 Å². The lowest BCUT2D eigenvalue weighted by molar-refractivity contribution is -0.140. The van der Waals surface area contributed by atoms with Gasteiger partial charge in [0.2, 0.25) is 21.8 Å². The van der Waals surface area contributed by atoms with Crippen LogP contribution in [0.4, 0.5) is 0 Å². The lowest BCUT2D eigenvalue weighted by atomic mass is 9.84. The number of benzene rings is 2. The molecular formula is C28H38N4O4S. The summed E-state index contributed by atoms with van der Waals surface area (Å²) < 4.78 is 27.6. The summed E-state index contributed by atoms with van der Waals surface area (Å²) in [6.45, 7) is 3.04. The average Bonchev–Trinajstić information content (AvgIpc) is 3.39. The molecule has 1 unspecified atom stereocenters. The largest absolute Gasteiger partial charge is 0.354 e. The van der Waals surface area contributed by atoms with Crippen molar-refractivity contribution in [2.75, 3.05) is 32.4 Å². The fourth-order valence-electron chi connectivity index (χ4n) is 5.56. The molecule has 2 saturated heterocycles. The van der Waals surface area contributed by atoms with E-state index < -0.39 is 28.0 Å². The van der Waals surface area contributed by atoms with Gasteiger partial charge in [-0.1, -0.05) is 60.7 Å². The molecule has 37 heavy (non-hydrogen) atoms. The smallest absolute Gasteiger partial charge is 0.242 e. The second-order valence-electron chi connectivity index (χ2n) is 10.1. The van der Waals surface area contributed by atoms with Gasteiger partial charge in [-0.15, -0.1) is 0 Å². The fraction of sp³-hybridized carbons (Fsp3) is 0.500. The summed E-state index contributed by atoms with van der Waals surface area (Å²) in [5, 5.41) is 6.40. The number of carbonyl (C=O) groups is 2. The third-order valence-corrected chi connectivity index (χ3v) is 8.09. The molecule has 2 aromatic carbocycles. The van der Waals surface area contributed by atoms with Crippen LogP contribution in [0.15, 0.2) is 60.7 Å². The number of rotatable bonds is 10. The molecule has 4 rings (SSSR count). The van der Waals surface area contributed by atoms with E-state index in [1.807, 2.05) is 60.7 Å². The maximum absolute atomic E-state index is 14.1. The number of piperidine rings is 1. The molecule has 200 valence electrons. The molecule has 2 aromatic rings. The summed E-state index contributed by atoms with van der Waals surface area (Å²) in [5.74, 6) is -0.481. The van der Waals surface area contributed by atoms with Gasteiger partial charge in [-0.25, -0.2) is 13.1 Å². The molecule has 0 saturated carbocycles. The standard InChI is InChI=1S/C28H38N4O4S/c1-37(35,36)31-26(25(22-9-4-2-5-10-22)23-11-6-3-7-12-23)28(34)32-20-8-13-24(32)27(33)30-19-16-21-14-17-29-18-15-21/h2-7,9-12,21,24-26,29,31H,8,13-20H2,1H3,(H,30,33)/t24?,26-/m1/s1. The molecule has 0 aromatic heterocycles. The summed E-state index contributed by atoms with van der Waals surface area (Å²) in [4.78, 5) is 28.8. The highest BCUT2D eigenvalue weighted by Crippen LogP contribution is 2.31. The van der Waals surface area contributed by atoms with Gasteiger partial charge in [0.25, 0.3) is 0 Å². The number of likely N-dealkylation sites (tertiary alicyclic amines) is 1. The van der Waals surface area contributed by atoms with Crippen molar-refractivity contribution < 1.29 is 18.0 Å². The molecule has 0 radical (unpaired) electrons. The van der Waals surface area contributed by atoms with Crippen LogP contribution in [0.5, 0.6) is 0 Å². The molecule has 0 aliphatic carbocycles. The Balaban J connectivity index is 1.55. The number of hydrogen-bond acceptors (Lipinski definition) is 5. The monoisotopic (exact) mass is 526 g/mol. The summed E-state index contributed by atoms with van der Waals surface area (Å²) in [6, 6.07) is 17.2. The van der Waals surface area contributed by atoms with Crippen LogP contribution < -0.4 is 15.4 Å². The van der Waals surface area contributed by atoms with Gasteiger partial charge in [0.1, 0.15) is 12.1 Å². The Morgan fingerprint density at radius 3 is 2.14 bits per heavy atom. The average molecular weight is 527 g/mol. The zero-order chi connectivity index (χ0) is 26.3. The van der Waals surface area contributed by atoms with Crippen LogP contribution in [0.1, 0.15) is 49.1 Å². The van der Waals surface area contributed by atoms with Crippen molar-refractivity contribution in [2.45, 2.75) is 50.1 Å². The van der Waals surface area contributed by atoms with Crippen LogP contribution in [0.25, 0.3) is 0 Å². The van der Waals surface area contributed by atoms with Gasteiger partial charge in [-0.3, -0.25) is 9.59 Å². The van der Waals surface area contributed by atoms with Gasteiger partial charge in [-0.2, -0.15) is 0 Å². The van der Waals surface area contributed by atoms with Crippen LogP contribution in [0.2, 0.25) is 0 Å². The minimum Gasteiger partial charge on any atom is -0.354 e. The number of amides is 2. The first-order chi connectivity index (χ1) is 17.8. The molecule has 0 spiro atoms. The third-order valence-electron chi connectivity index (χ3n) is 7.41. The van der Waals surface area contributed by atoms with E-state index in [0.717, 1.165) is 49.7 Å². The predicted molar refractivity (Wildman–Crippen MR) is 144 cm³/mol. The lowest BCUT2D eigenvalue weighted by Gasteiger charge is -2.33. The first-order valence-electron chi connectivity index (χ1n) is 13.2. The van der Waals surface area contributed by atoms with Crippen molar-refractivity contribution in [2.24, 2.45) is 5.92 Å². The SMILES string of the molecule is CS(=O)(=O)N[C@@H](C(=O)N1CCCC1C(=O)NCCC1CCNCC1)C(c1ccccc1)c1ccccc1. The van der Waals surface area contributed by atoms with Gasteiger partial charge in [0, 0.05) is 19.0 Å². The number of carbonyl (C=O) groups excluding carboxylic acids is 2. The van der Waals surface area contributed by atoms with Crippen LogP contribution in [0, 0.1) is 5.92 Å². The van der Waals surface area contributed by atoms with Crippen LogP contribution in [-0.2, 0) is 19.6 Å². The normalized spacial score (nSPS) is 19.6. The molecular weight excluding hydrogens is 488 g/mol. The van der Waals surface area contributed by atoms with Crippen LogP contribution in [-0.4, -0.2) is 69.7 Å². The lowest BCUT2D eigenvalue weighted by Crippen LogP contribution is -2.55. The van der Waals surface area contributed by atoms with Crippen LogP contribution in [0.3, 0.4) is 0 Å². The van der Waals surface area contributed by atoms with Crippen LogP contribution >= 0.6 is 0 Å². The van der Waals surface area contributed by atoms with E-state index in [1.54, 1.807) is 4.90 Å². The Kier molecular flexibility index (Phi) is 9.34. The van der Waals surface area contributed by atoms with Crippen molar-refractivity contribution in [3.63, 3.8) is 0 Å². The number of hydrogen-bond donors (Lipinski definition) is 3. The fourth-order valence-corrected chi connectivity index (χ4v) is 6.26. The topological polar surface area (TPSA) is 108 Å². The minimum absolute atomic E-state index is 0.158. The maximum atomic E-state index is 14.1. The molecule has 2 amide bonds. The Morgan fingerprint density at radius 1 is 0.973 bits per heavy atom. The predicted octanol–water partition coefficient (Wildman–Crippen LogP) is 2.23. The molecule has 2 aliphatic heterocycles. The molecule has 3 N–H and O–H groups in total. The number of nitrogens with one attached hydrogen (secondary N) is 3. The second kappa shape index (κ2) is 12.7. The van der Waals surface area contributed by atoms with E-state index in [9.17, 15) is 18.0 Å². The van der Waals surface area contributed by atoms with E-state index in [4.69, 9.17) is 0 Å². The summed E-state index contributed by atoms with van der Waals surface area (Å²) >= 11 is 0. The van der Waals surface area contributed by atoms with Crippen molar-refractivity contribution in [1.82, 2.24) is 20.3 Å². The van der Waals surface area contributed by atoms with E-state index in [-0.39, 0.29) is 11.8 Å². The number of nitrogens with zero attached hydrogens (tertiary/aromatic N) is 1. The maximum Gasteiger partial charge on any atom is 0.242 e. The van der Waals surface area contributed by atoms with Gasteiger partial charge < -0.3 is 15.5 Å². The van der Waals surface area contributed by atoms with E-state index >= 15 is 0 Å². The van der Waals surface area contributed by atoms with E-state index in [1.165, 1.54) is 0 Å². The Hall–Kier alpha value is -2.75. The zero-order valence-electron chi connectivity index (χ0n) is 21.4. The second-order valence-corrected chi connectivity index (χ2v) is 11.9.